The minimum atomic E-state index is -0.0952. The van der Waals surface area contributed by atoms with Crippen molar-refractivity contribution in [2.75, 3.05) is 18.0 Å². The summed E-state index contributed by atoms with van der Waals surface area (Å²) in [5.41, 5.74) is 3.28. The number of fused-ring (bicyclic) bond motifs is 2. The smallest absolute Gasteiger partial charge is 0.255 e. The summed E-state index contributed by atoms with van der Waals surface area (Å²) in [6, 6.07) is 13.3. The topological polar surface area (TPSA) is 71.3 Å². The van der Waals surface area contributed by atoms with Gasteiger partial charge in [0.15, 0.2) is 0 Å². The molecule has 0 aliphatic carbocycles. The molecular formula is C23H23N5O2. The number of carbonyl (C=O) groups is 1. The molecule has 2 atom stereocenters. The van der Waals surface area contributed by atoms with Gasteiger partial charge in [-0.05, 0) is 37.6 Å². The van der Waals surface area contributed by atoms with Gasteiger partial charge in [-0.3, -0.25) is 19.1 Å². The highest BCUT2D eigenvalue weighted by Crippen LogP contribution is 2.34. The molecule has 2 saturated heterocycles. The molecule has 0 radical (unpaired) electrons. The van der Waals surface area contributed by atoms with E-state index >= 15 is 0 Å². The summed E-state index contributed by atoms with van der Waals surface area (Å²) in [6.45, 7) is 3.34. The summed E-state index contributed by atoms with van der Waals surface area (Å²) in [7, 11) is 1.75. The fourth-order valence-corrected chi connectivity index (χ4v) is 4.48. The molecule has 2 aliphatic rings. The van der Waals surface area contributed by atoms with E-state index in [2.05, 4.69) is 9.88 Å². The first-order chi connectivity index (χ1) is 14.5. The summed E-state index contributed by atoms with van der Waals surface area (Å²) >= 11 is 0. The van der Waals surface area contributed by atoms with E-state index in [0.717, 1.165) is 23.1 Å². The first-order valence-electron chi connectivity index (χ1n) is 10.1. The molecule has 30 heavy (non-hydrogen) atoms. The first kappa shape index (κ1) is 18.5. The average molecular weight is 401 g/mol. The number of rotatable bonds is 3. The Morgan fingerprint density at radius 2 is 1.77 bits per heavy atom. The lowest BCUT2D eigenvalue weighted by Crippen LogP contribution is -2.50. The Balaban J connectivity index is 1.41. The van der Waals surface area contributed by atoms with Crippen LogP contribution in [0.3, 0.4) is 0 Å². The number of aryl methyl sites for hydroxylation is 1. The molecule has 1 amide bonds. The van der Waals surface area contributed by atoms with Gasteiger partial charge in [-0.1, -0.05) is 17.7 Å². The number of nitrogens with zero attached hydrogens (tertiary/aromatic N) is 5. The van der Waals surface area contributed by atoms with Gasteiger partial charge >= 0.3 is 0 Å². The molecule has 2 aromatic heterocycles. The van der Waals surface area contributed by atoms with Gasteiger partial charge in [0.25, 0.3) is 11.5 Å². The number of anilines is 1. The van der Waals surface area contributed by atoms with Crippen LogP contribution in [-0.2, 0) is 7.05 Å². The fourth-order valence-electron chi connectivity index (χ4n) is 4.48. The van der Waals surface area contributed by atoms with Gasteiger partial charge in [0.05, 0.1) is 17.8 Å². The molecule has 3 aromatic rings. The number of carbonyl (C=O) groups excluding carboxylic acids is 1. The molecule has 2 fully saturated rings. The molecule has 2 aliphatic heterocycles. The number of aromatic nitrogens is 3. The van der Waals surface area contributed by atoms with E-state index < -0.39 is 0 Å². The molecule has 2 unspecified atom stereocenters. The highest BCUT2D eigenvalue weighted by Gasteiger charge is 2.46. The highest BCUT2D eigenvalue weighted by atomic mass is 16.2. The normalized spacial score (nSPS) is 20.1. The molecule has 5 rings (SSSR count). The molecule has 0 N–H and O–H groups in total. The third kappa shape index (κ3) is 3.07. The van der Waals surface area contributed by atoms with Crippen molar-refractivity contribution < 1.29 is 4.79 Å². The third-order valence-electron chi connectivity index (χ3n) is 6.14. The Morgan fingerprint density at radius 3 is 2.43 bits per heavy atom. The summed E-state index contributed by atoms with van der Waals surface area (Å²) in [5, 5.41) is 0. The van der Waals surface area contributed by atoms with Crippen molar-refractivity contribution in [1.82, 2.24) is 19.4 Å². The summed E-state index contributed by atoms with van der Waals surface area (Å²) in [4.78, 5) is 38.6. The zero-order chi connectivity index (χ0) is 20.8. The summed E-state index contributed by atoms with van der Waals surface area (Å²) in [5.74, 6) is 0.735. The van der Waals surface area contributed by atoms with Gasteiger partial charge in [0.2, 0.25) is 5.95 Å². The van der Waals surface area contributed by atoms with E-state index in [4.69, 9.17) is 4.98 Å². The van der Waals surface area contributed by atoms with Gasteiger partial charge < -0.3 is 9.80 Å². The second kappa shape index (κ2) is 7.09. The van der Waals surface area contributed by atoms with Crippen LogP contribution in [0.5, 0.6) is 0 Å². The van der Waals surface area contributed by atoms with Crippen molar-refractivity contribution in [2.45, 2.75) is 25.4 Å². The molecular weight excluding hydrogens is 378 g/mol. The van der Waals surface area contributed by atoms with Crippen molar-refractivity contribution in [2.24, 2.45) is 7.05 Å². The number of likely N-dealkylation sites (tertiary alicyclic amines) is 1. The number of amides is 1. The number of benzene rings is 1. The lowest BCUT2D eigenvalue weighted by molar-refractivity contribution is 0.0725. The third-order valence-corrected chi connectivity index (χ3v) is 6.14. The van der Waals surface area contributed by atoms with Gasteiger partial charge in [0, 0.05) is 49.7 Å². The molecule has 1 aromatic carbocycles. The van der Waals surface area contributed by atoms with Crippen LogP contribution in [0.4, 0.5) is 5.95 Å². The molecule has 7 nitrogen and oxygen atoms in total. The van der Waals surface area contributed by atoms with Crippen LogP contribution in [0.1, 0.15) is 22.3 Å². The van der Waals surface area contributed by atoms with Gasteiger partial charge in [-0.2, -0.15) is 0 Å². The lowest BCUT2D eigenvalue weighted by Gasteiger charge is -2.35. The standard InChI is InChI=1S/C23H23N5O2/c1-15-3-5-17(6-4-15)22(30)27-13-19-11-18(27)14-28(19)23-25-20(12-21(29)26(23)2)16-7-9-24-10-8-16/h3-10,12,18-19H,11,13-14H2,1-2H3. The van der Waals surface area contributed by atoms with E-state index in [1.807, 2.05) is 48.2 Å². The van der Waals surface area contributed by atoms with Gasteiger partial charge in [0.1, 0.15) is 0 Å². The Hall–Kier alpha value is -3.48. The number of hydrogen-bond acceptors (Lipinski definition) is 5. The van der Waals surface area contributed by atoms with Crippen LogP contribution < -0.4 is 10.5 Å². The quantitative estimate of drug-likeness (QED) is 0.673. The van der Waals surface area contributed by atoms with E-state index in [1.54, 1.807) is 30.1 Å². The maximum Gasteiger partial charge on any atom is 0.255 e. The lowest BCUT2D eigenvalue weighted by atomic mass is 10.1. The van der Waals surface area contributed by atoms with Crippen LogP contribution in [-0.4, -0.2) is 50.5 Å². The number of hydrogen-bond donors (Lipinski definition) is 0. The average Bonchev–Trinajstić information content (AvgIpc) is 3.37. The van der Waals surface area contributed by atoms with Crippen molar-refractivity contribution in [3.8, 4) is 11.3 Å². The van der Waals surface area contributed by atoms with Gasteiger partial charge in [-0.25, -0.2) is 4.98 Å². The summed E-state index contributed by atoms with van der Waals surface area (Å²) < 4.78 is 1.59. The van der Waals surface area contributed by atoms with Crippen molar-refractivity contribution in [3.63, 3.8) is 0 Å². The van der Waals surface area contributed by atoms with E-state index in [0.29, 0.717) is 24.7 Å². The molecule has 0 saturated carbocycles. The largest absolute Gasteiger partial charge is 0.335 e. The maximum absolute atomic E-state index is 13.0. The number of pyridine rings is 1. The molecule has 152 valence electrons. The minimum Gasteiger partial charge on any atom is -0.335 e. The second-order valence-corrected chi connectivity index (χ2v) is 8.09. The Kier molecular flexibility index (Phi) is 4.38. The first-order valence-corrected chi connectivity index (χ1v) is 10.1. The molecule has 7 heteroatoms. The summed E-state index contributed by atoms with van der Waals surface area (Å²) in [6.07, 6.45) is 4.29. The predicted molar refractivity (Wildman–Crippen MR) is 114 cm³/mol. The van der Waals surface area contributed by atoms with Crippen molar-refractivity contribution in [3.05, 3.63) is 76.3 Å². The van der Waals surface area contributed by atoms with Gasteiger partial charge in [-0.15, -0.1) is 0 Å². The van der Waals surface area contributed by atoms with E-state index in [9.17, 15) is 9.59 Å². The zero-order valence-electron chi connectivity index (χ0n) is 17.0. The fraction of sp³-hybridized carbons (Fsp3) is 0.304. The monoisotopic (exact) mass is 401 g/mol. The molecule has 4 heterocycles. The Labute approximate surface area is 174 Å². The minimum absolute atomic E-state index is 0.0783. The van der Waals surface area contributed by atoms with Crippen molar-refractivity contribution >= 4 is 11.9 Å². The molecule has 2 bridgehead atoms. The van der Waals surface area contributed by atoms with Crippen LogP contribution in [0.2, 0.25) is 0 Å². The second-order valence-electron chi connectivity index (χ2n) is 8.09. The van der Waals surface area contributed by atoms with E-state index in [1.165, 1.54) is 0 Å². The van der Waals surface area contributed by atoms with Crippen LogP contribution in [0.25, 0.3) is 11.3 Å². The SMILES string of the molecule is Cc1ccc(C(=O)N2CC3CC2CN3c2nc(-c3ccncc3)cc(=O)n2C)cc1. The van der Waals surface area contributed by atoms with Crippen LogP contribution in [0.15, 0.2) is 59.7 Å². The Morgan fingerprint density at radius 1 is 1.03 bits per heavy atom. The van der Waals surface area contributed by atoms with Crippen LogP contribution in [0, 0.1) is 6.92 Å². The Bertz CT molecular complexity index is 1160. The van der Waals surface area contributed by atoms with E-state index in [-0.39, 0.29) is 23.6 Å². The predicted octanol–water partition coefficient (Wildman–Crippen LogP) is 2.25. The maximum atomic E-state index is 13.0. The zero-order valence-corrected chi connectivity index (χ0v) is 17.0. The van der Waals surface area contributed by atoms with Crippen LogP contribution >= 0.6 is 0 Å². The number of piperazine rings is 1. The van der Waals surface area contributed by atoms with Crippen molar-refractivity contribution in [1.29, 1.82) is 0 Å². The highest BCUT2D eigenvalue weighted by molar-refractivity contribution is 5.95. The molecule has 0 spiro atoms.